The molecule has 0 bridgehead atoms. The number of guanidine groups is 1. The van der Waals surface area contributed by atoms with E-state index in [9.17, 15) is 0 Å². The summed E-state index contributed by atoms with van der Waals surface area (Å²) >= 11 is 3.42. The van der Waals surface area contributed by atoms with Crippen LogP contribution in [-0.2, 0) is 0 Å². The van der Waals surface area contributed by atoms with Gasteiger partial charge in [0.2, 0.25) is 0 Å². The topological polar surface area (TPSA) is 50.4 Å². The number of rotatable bonds is 1. The molecule has 1 atom stereocenters. The van der Waals surface area contributed by atoms with Gasteiger partial charge in [-0.15, -0.1) is 0 Å². The average molecular weight is 240 g/mol. The van der Waals surface area contributed by atoms with E-state index in [1.54, 1.807) is 0 Å². The lowest BCUT2D eigenvalue weighted by molar-refractivity contribution is 0.751. The summed E-state index contributed by atoms with van der Waals surface area (Å²) in [6.07, 6.45) is 0. The molecule has 0 saturated heterocycles. The second-order valence-corrected chi connectivity index (χ2v) is 3.88. The Balaban J connectivity index is 2.26. The summed E-state index contributed by atoms with van der Waals surface area (Å²) in [5.41, 5.74) is 6.71. The molecule has 0 fully saturated rings. The summed E-state index contributed by atoms with van der Waals surface area (Å²) < 4.78 is 1.07. The highest BCUT2D eigenvalue weighted by Gasteiger charge is 2.16. The molecule has 0 aromatic heterocycles. The molecule has 1 aliphatic heterocycles. The molecule has 1 heterocycles. The fraction of sp³-hybridized carbons (Fsp3) is 0.222. The van der Waals surface area contributed by atoms with Crippen molar-refractivity contribution >= 4 is 21.9 Å². The standard InChI is InChI=1S/C9H10BrN3/c10-7-3-1-2-6(4-7)8-5-12-9(11)13-8/h1-4,8H,5H2,(H3,11,12,13). The normalized spacial score (nSPS) is 21.0. The molecule has 68 valence electrons. The molecule has 1 aromatic carbocycles. The summed E-state index contributed by atoms with van der Waals surface area (Å²) in [5, 5.41) is 3.00. The number of benzene rings is 1. The smallest absolute Gasteiger partial charge is 0.189 e. The SMILES string of the molecule is NC1=NC(c2cccc(Br)c2)CN1. The minimum atomic E-state index is 0.164. The second kappa shape index (κ2) is 3.38. The van der Waals surface area contributed by atoms with Crippen LogP contribution in [-0.4, -0.2) is 12.5 Å². The van der Waals surface area contributed by atoms with Gasteiger partial charge in [0.05, 0.1) is 6.04 Å². The Bertz CT molecular complexity index is 348. The lowest BCUT2D eigenvalue weighted by Crippen LogP contribution is -2.26. The van der Waals surface area contributed by atoms with Gasteiger partial charge in [0.15, 0.2) is 5.96 Å². The molecule has 13 heavy (non-hydrogen) atoms. The van der Waals surface area contributed by atoms with Crippen LogP contribution < -0.4 is 11.1 Å². The minimum Gasteiger partial charge on any atom is -0.370 e. The third kappa shape index (κ3) is 1.83. The van der Waals surface area contributed by atoms with E-state index in [0.29, 0.717) is 5.96 Å². The van der Waals surface area contributed by atoms with Crippen LogP contribution in [0.2, 0.25) is 0 Å². The van der Waals surface area contributed by atoms with Crippen molar-refractivity contribution in [3.63, 3.8) is 0 Å². The zero-order valence-electron chi connectivity index (χ0n) is 7.00. The lowest BCUT2D eigenvalue weighted by Gasteiger charge is -2.05. The largest absolute Gasteiger partial charge is 0.370 e. The first-order chi connectivity index (χ1) is 6.25. The number of nitrogens with one attached hydrogen (secondary N) is 1. The molecule has 0 spiro atoms. The van der Waals surface area contributed by atoms with Crippen molar-refractivity contribution in [2.24, 2.45) is 10.7 Å². The monoisotopic (exact) mass is 239 g/mol. The van der Waals surface area contributed by atoms with Gasteiger partial charge < -0.3 is 11.1 Å². The number of aliphatic imine (C=N–C) groups is 1. The van der Waals surface area contributed by atoms with Gasteiger partial charge in [0.1, 0.15) is 0 Å². The van der Waals surface area contributed by atoms with Crippen LogP contribution in [0.25, 0.3) is 0 Å². The van der Waals surface area contributed by atoms with Crippen molar-refractivity contribution in [2.45, 2.75) is 6.04 Å². The molecular weight excluding hydrogens is 230 g/mol. The van der Waals surface area contributed by atoms with Crippen molar-refractivity contribution in [3.05, 3.63) is 34.3 Å². The van der Waals surface area contributed by atoms with Crippen LogP contribution in [0.1, 0.15) is 11.6 Å². The first kappa shape index (κ1) is 8.56. The highest BCUT2D eigenvalue weighted by Crippen LogP contribution is 2.22. The van der Waals surface area contributed by atoms with Crippen molar-refractivity contribution in [1.82, 2.24) is 5.32 Å². The third-order valence-electron chi connectivity index (χ3n) is 2.00. The maximum absolute atomic E-state index is 5.53. The molecule has 0 radical (unpaired) electrons. The molecule has 4 heteroatoms. The van der Waals surface area contributed by atoms with E-state index in [-0.39, 0.29) is 6.04 Å². The Kier molecular flexibility index (Phi) is 2.22. The Labute approximate surface area is 85.2 Å². The van der Waals surface area contributed by atoms with E-state index in [0.717, 1.165) is 11.0 Å². The Hall–Kier alpha value is -1.03. The molecule has 2 rings (SSSR count). The number of nitrogens with two attached hydrogens (primary N) is 1. The first-order valence-electron chi connectivity index (χ1n) is 4.08. The fourth-order valence-electron chi connectivity index (χ4n) is 1.37. The molecule has 3 nitrogen and oxygen atoms in total. The van der Waals surface area contributed by atoms with Crippen LogP contribution in [0.3, 0.4) is 0 Å². The van der Waals surface area contributed by atoms with Gasteiger partial charge in [-0.1, -0.05) is 28.1 Å². The summed E-state index contributed by atoms with van der Waals surface area (Å²) in [7, 11) is 0. The molecule has 1 aliphatic rings. The quantitative estimate of drug-likeness (QED) is 0.779. The van der Waals surface area contributed by atoms with E-state index >= 15 is 0 Å². The van der Waals surface area contributed by atoms with Crippen molar-refractivity contribution in [3.8, 4) is 0 Å². The van der Waals surface area contributed by atoms with E-state index in [1.165, 1.54) is 5.56 Å². The molecule has 1 aromatic rings. The summed E-state index contributed by atoms with van der Waals surface area (Å²) in [4.78, 5) is 4.26. The minimum absolute atomic E-state index is 0.164. The molecule has 0 saturated carbocycles. The van der Waals surface area contributed by atoms with Crippen LogP contribution in [0.15, 0.2) is 33.7 Å². The van der Waals surface area contributed by atoms with Gasteiger partial charge in [-0.05, 0) is 17.7 Å². The third-order valence-corrected chi connectivity index (χ3v) is 2.50. The average Bonchev–Trinajstić information content (AvgIpc) is 2.52. The summed E-state index contributed by atoms with van der Waals surface area (Å²) in [6.45, 7) is 0.794. The maximum Gasteiger partial charge on any atom is 0.189 e. The van der Waals surface area contributed by atoms with Crippen molar-refractivity contribution < 1.29 is 0 Å². The summed E-state index contributed by atoms with van der Waals surface area (Å²) in [5.74, 6) is 0.532. The van der Waals surface area contributed by atoms with Gasteiger partial charge in [-0.2, -0.15) is 0 Å². The van der Waals surface area contributed by atoms with E-state index in [2.05, 4.69) is 38.4 Å². The van der Waals surface area contributed by atoms with Gasteiger partial charge in [-0.25, -0.2) is 4.99 Å². The number of hydrogen-bond donors (Lipinski definition) is 2. The predicted octanol–water partition coefficient (Wildman–Crippen LogP) is 1.41. The highest BCUT2D eigenvalue weighted by atomic mass is 79.9. The second-order valence-electron chi connectivity index (χ2n) is 2.97. The zero-order chi connectivity index (χ0) is 9.26. The van der Waals surface area contributed by atoms with Crippen molar-refractivity contribution in [1.29, 1.82) is 0 Å². The Morgan fingerprint density at radius 3 is 3.00 bits per heavy atom. The van der Waals surface area contributed by atoms with E-state index in [4.69, 9.17) is 5.73 Å². The molecule has 0 amide bonds. The summed E-state index contributed by atoms with van der Waals surface area (Å²) in [6, 6.07) is 8.29. The van der Waals surface area contributed by atoms with Gasteiger partial charge in [-0.3, -0.25) is 0 Å². The zero-order valence-corrected chi connectivity index (χ0v) is 8.58. The van der Waals surface area contributed by atoms with Crippen molar-refractivity contribution in [2.75, 3.05) is 6.54 Å². The molecule has 0 aliphatic carbocycles. The molecular formula is C9H10BrN3. The number of hydrogen-bond acceptors (Lipinski definition) is 3. The fourth-order valence-corrected chi connectivity index (χ4v) is 1.78. The predicted molar refractivity (Wildman–Crippen MR) is 56.5 cm³/mol. The van der Waals surface area contributed by atoms with Crippen LogP contribution in [0.5, 0.6) is 0 Å². The van der Waals surface area contributed by atoms with Gasteiger partial charge in [0.25, 0.3) is 0 Å². The Morgan fingerprint density at radius 2 is 2.38 bits per heavy atom. The Morgan fingerprint density at radius 1 is 1.54 bits per heavy atom. The highest BCUT2D eigenvalue weighted by molar-refractivity contribution is 9.10. The van der Waals surface area contributed by atoms with E-state index < -0.39 is 0 Å². The molecule has 1 unspecified atom stereocenters. The van der Waals surface area contributed by atoms with Crippen LogP contribution in [0.4, 0.5) is 0 Å². The van der Waals surface area contributed by atoms with Gasteiger partial charge in [0, 0.05) is 11.0 Å². The first-order valence-corrected chi connectivity index (χ1v) is 4.87. The maximum atomic E-state index is 5.53. The van der Waals surface area contributed by atoms with Gasteiger partial charge >= 0.3 is 0 Å². The van der Waals surface area contributed by atoms with Crippen LogP contribution in [0, 0.1) is 0 Å². The number of halogens is 1. The number of nitrogens with zero attached hydrogens (tertiary/aromatic N) is 1. The van der Waals surface area contributed by atoms with Crippen LogP contribution >= 0.6 is 15.9 Å². The lowest BCUT2D eigenvalue weighted by atomic mass is 10.1. The molecule has 3 N–H and O–H groups in total. The van der Waals surface area contributed by atoms with E-state index in [1.807, 2.05) is 12.1 Å².